The van der Waals surface area contributed by atoms with E-state index >= 15 is 0 Å². The molecule has 0 atom stereocenters. The number of amides is 1. The number of hydrogen-bond acceptors (Lipinski definition) is 9. The average Bonchev–Trinajstić information content (AvgIpc) is 3.08. The predicted molar refractivity (Wildman–Crippen MR) is 90.6 cm³/mol. The van der Waals surface area contributed by atoms with Crippen LogP contribution in [0.4, 0.5) is 0 Å². The molecule has 0 aromatic carbocycles. The average molecular weight is 377 g/mol. The summed E-state index contributed by atoms with van der Waals surface area (Å²) >= 11 is 0. The van der Waals surface area contributed by atoms with Gasteiger partial charge in [-0.25, -0.2) is 9.59 Å². The van der Waals surface area contributed by atoms with Crippen LogP contribution < -0.4 is 10.1 Å². The highest BCUT2D eigenvalue weighted by Crippen LogP contribution is 2.34. The van der Waals surface area contributed by atoms with Crippen molar-refractivity contribution in [1.82, 2.24) is 15.5 Å². The SMILES string of the molecule is COC(=O)C(Cc1c(OC)noc1-c1cccnc1)(NC(C)=O)C(=O)OC. The lowest BCUT2D eigenvalue weighted by Gasteiger charge is -2.28. The molecule has 10 nitrogen and oxygen atoms in total. The Balaban J connectivity index is 2.64. The van der Waals surface area contributed by atoms with Gasteiger partial charge in [0.1, 0.15) is 0 Å². The molecule has 0 aliphatic heterocycles. The van der Waals surface area contributed by atoms with E-state index in [1.54, 1.807) is 18.3 Å². The molecular weight excluding hydrogens is 358 g/mol. The standard InChI is InChI=1S/C17H19N3O7/c1-10(21)19-17(15(22)25-3,16(23)26-4)8-12-13(27-20-14(12)24-2)11-6-5-7-18-9-11/h5-7,9H,8H2,1-4H3,(H,19,21). The van der Waals surface area contributed by atoms with Crippen molar-refractivity contribution >= 4 is 17.8 Å². The highest BCUT2D eigenvalue weighted by molar-refractivity contribution is 6.08. The van der Waals surface area contributed by atoms with E-state index in [4.69, 9.17) is 18.7 Å². The molecule has 0 spiro atoms. The van der Waals surface area contributed by atoms with Gasteiger partial charge in [0.2, 0.25) is 11.4 Å². The number of ether oxygens (including phenoxy) is 3. The van der Waals surface area contributed by atoms with Gasteiger partial charge in [-0.05, 0) is 17.3 Å². The molecule has 2 aromatic rings. The van der Waals surface area contributed by atoms with Crippen LogP contribution in [0.25, 0.3) is 11.3 Å². The molecule has 1 N–H and O–H groups in total. The van der Waals surface area contributed by atoms with E-state index in [2.05, 4.69) is 15.5 Å². The highest BCUT2D eigenvalue weighted by atomic mass is 16.6. The van der Waals surface area contributed by atoms with E-state index in [1.165, 1.54) is 13.3 Å². The molecule has 0 aliphatic carbocycles. The third kappa shape index (κ3) is 3.89. The molecule has 0 fully saturated rings. The van der Waals surface area contributed by atoms with Gasteiger partial charge in [0.15, 0.2) is 5.76 Å². The summed E-state index contributed by atoms with van der Waals surface area (Å²) in [6.07, 6.45) is 2.71. The summed E-state index contributed by atoms with van der Waals surface area (Å²) in [6.45, 7) is 1.16. The van der Waals surface area contributed by atoms with Gasteiger partial charge in [0.25, 0.3) is 5.88 Å². The second-order valence-corrected chi connectivity index (χ2v) is 5.49. The van der Waals surface area contributed by atoms with Crippen molar-refractivity contribution in [2.75, 3.05) is 21.3 Å². The van der Waals surface area contributed by atoms with Crippen LogP contribution in [0.2, 0.25) is 0 Å². The fourth-order valence-electron chi connectivity index (χ4n) is 2.62. The molecule has 0 radical (unpaired) electrons. The van der Waals surface area contributed by atoms with Crippen molar-refractivity contribution in [3.63, 3.8) is 0 Å². The van der Waals surface area contributed by atoms with Gasteiger partial charge in [-0.2, -0.15) is 0 Å². The van der Waals surface area contributed by atoms with Crippen LogP contribution in [0.15, 0.2) is 29.0 Å². The Morgan fingerprint density at radius 3 is 2.33 bits per heavy atom. The summed E-state index contributed by atoms with van der Waals surface area (Å²) in [4.78, 5) is 40.7. The number of methoxy groups -OCH3 is 3. The quantitative estimate of drug-likeness (QED) is 0.541. The maximum absolute atomic E-state index is 12.5. The zero-order valence-corrected chi connectivity index (χ0v) is 15.3. The minimum Gasteiger partial charge on any atom is -0.479 e. The Bertz CT molecular complexity index is 816. The number of pyridine rings is 1. The molecule has 0 bridgehead atoms. The molecule has 2 aromatic heterocycles. The summed E-state index contributed by atoms with van der Waals surface area (Å²) in [7, 11) is 3.54. The topological polar surface area (TPSA) is 130 Å². The Hall–Kier alpha value is -3.43. The maximum atomic E-state index is 12.5. The van der Waals surface area contributed by atoms with Crippen molar-refractivity contribution in [3.05, 3.63) is 30.1 Å². The number of hydrogen-bond donors (Lipinski definition) is 1. The van der Waals surface area contributed by atoms with Crippen LogP contribution in [-0.2, 0) is 30.3 Å². The summed E-state index contributed by atoms with van der Waals surface area (Å²) < 4.78 is 20.0. The van der Waals surface area contributed by atoms with Crippen LogP contribution in [0.3, 0.4) is 0 Å². The van der Waals surface area contributed by atoms with Crippen LogP contribution in [-0.4, -0.2) is 54.9 Å². The van der Waals surface area contributed by atoms with Crippen LogP contribution in [0.1, 0.15) is 12.5 Å². The largest absolute Gasteiger partial charge is 0.479 e. The summed E-state index contributed by atoms with van der Waals surface area (Å²) in [6, 6.07) is 3.38. The number of aromatic nitrogens is 2. The van der Waals surface area contributed by atoms with Crippen LogP contribution in [0, 0.1) is 0 Å². The normalized spacial score (nSPS) is 10.8. The van der Waals surface area contributed by atoms with Crippen molar-refractivity contribution < 1.29 is 33.1 Å². The number of rotatable bonds is 7. The molecule has 2 rings (SSSR count). The minimum atomic E-state index is -2.15. The maximum Gasteiger partial charge on any atom is 0.343 e. The first-order valence-corrected chi connectivity index (χ1v) is 7.78. The third-order valence-corrected chi connectivity index (χ3v) is 3.77. The Labute approximate surface area is 154 Å². The molecule has 10 heteroatoms. The van der Waals surface area contributed by atoms with Crippen molar-refractivity contribution in [2.24, 2.45) is 0 Å². The fourth-order valence-corrected chi connectivity index (χ4v) is 2.62. The summed E-state index contributed by atoms with van der Waals surface area (Å²) in [5.41, 5.74) is -1.35. The molecule has 2 heterocycles. The number of nitrogens with zero attached hydrogens (tertiary/aromatic N) is 2. The first-order valence-electron chi connectivity index (χ1n) is 7.78. The van der Waals surface area contributed by atoms with Gasteiger partial charge >= 0.3 is 11.9 Å². The summed E-state index contributed by atoms with van der Waals surface area (Å²) in [5, 5.41) is 6.14. The molecule has 1 amide bonds. The van der Waals surface area contributed by atoms with E-state index in [0.29, 0.717) is 5.56 Å². The van der Waals surface area contributed by atoms with Crippen molar-refractivity contribution in [3.8, 4) is 17.2 Å². The highest BCUT2D eigenvalue weighted by Gasteiger charge is 2.51. The number of esters is 2. The van der Waals surface area contributed by atoms with Crippen LogP contribution in [0.5, 0.6) is 5.88 Å². The van der Waals surface area contributed by atoms with E-state index < -0.39 is 23.4 Å². The zero-order valence-electron chi connectivity index (χ0n) is 15.3. The van der Waals surface area contributed by atoms with Gasteiger partial charge < -0.3 is 24.1 Å². The zero-order chi connectivity index (χ0) is 20.0. The van der Waals surface area contributed by atoms with Gasteiger partial charge in [-0.15, -0.1) is 0 Å². The lowest BCUT2D eigenvalue weighted by atomic mass is 9.89. The first-order chi connectivity index (χ1) is 12.9. The number of carbonyl (C=O) groups is 3. The Morgan fingerprint density at radius 2 is 1.85 bits per heavy atom. The molecule has 0 saturated heterocycles. The van der Waals surface area contributed by atoms with Gasteiger partial charge in [-0.3, -0.25) is 9.78 Å². The second kappa shape index (κ2) is 8.30. The Kier molecular flexibility index (Phi) is 6.11. The van der Waals surface area contributed by atoms with Crippen LogP contribution >= 0.6 is 0 Å². The molecular formula is C17H19N3O7. The second-order valence-electron chi connectivity index (χ2n) is 5.49. The third-order valence-electron chi connectivity index (χ3n) is 3.77. The lowest BCUT2D eigenvalue weighted by molar-refractivity contribution is -0.165. The minimum absolute atomic E-state index is 0.0383. The van der Waals surface area contributed by atoms with Gasteiger partial charge in [-0.1, -0.05) is 0 Å². The van der Waals surface area contributed by atoms with E-state index in [9.17, 15) is 14.4 Å². The molecule has 0 unspecified atom stereocenters. The Morgan fingerprint density at radius 1 is 1.19 bits per heavy atom. The van der Waals surface area contributed by atoms with E-state index in [0.717, 1.165) is 21.1 Å². The first kappa shape index (κ1) is 19.9. The van der Waals surface area contributed by atoms with Crippen molar-refractivity contribution in [1.29, 1.82) is 0 Å². The van der Waals surface area contributed by atoms with Gasteiger partial charge in [0.05, 0.1) is 26.9 Å². The molecule has 27 heavy (non-hydrogen) atoms. The predicted octanol–water partition coefficient (Wildman–Crippen LogP) is 0.509. The molecule has 0 aliphatic rings. The van der Waals surface area contributed by atoms with Gasteiger partial charge in [0, 0.05) is 31.3 Å². The monoisotopic (exact) mass is 377 g/mol. The fraction of sp³-hybridized carbons (Fsp3) is 0.353. The molecule has 144 valence electrons. The van der Waals surface area contributed by atoms with E-state index in [-0.39, 0.29) is 23.6 Å². The lowest BCUT2D eigenvalue weighted by Crippen LogP contribution is -2.62. The van der Waals surface area contributed by atoms with E-state index in [1.807, 2.05) is 0 Å². The summed E-state index contributed by atoms with van der Waals surface area (Å²) in [5.74, 6) is -2.39. The molecule has 0 saturated carbocycles. The number of carbonyl (C=O) groups excluding carboxylic acids is 3. The smallest absolute Gasteiger partial charge is 0.343 e. The number of nitrogens with one attached hydrogen (secondary N) is 1. The van der Waals surface area contributed by atoms with Crippen molar-refractivity contribution in [2.45, 2.75) is 18.9 Å².